The van der Waals surface area contributed by atoms with Crippen LogP contribution in [-0.4, -0.2) is 36.5 Å². The van der Waals surface area contributed by atoms with Crippen LogP contribution in [0.15, 0.2) is 55.0 Å². The fourth-order valence-electron chi connectivity index (χ4n) is 4.33. The summed E-state index contributed by atoms with van der Waals surface area (Å²) in [6, 6.07) is 14.0. The van der Waals surface area contributed by atoms with Gasteiger partial charge in [0.05, 0.1) is 24.8 Å². The molecular weight excluding hydrogens is 414 g/mol. The van der Waals surface area contributed by atoms with Crippen molar-refractivity contribution in [2.45, 2.75) is 38.8 Å². The van der Waals surface area contributed by atoms with E-state index in [9.17, 15) is 5.11 Å². The first-order valence-corrected chi connectivity index (χ1v) is 11.1. The van der Waals surface area contributed by atoms with Gasteiger partial charge in [-0.3, -0.25) is 0 Å². The van der Waals surface area contributed by atoms with Crippen molar-refractivity contribution in [3.8, 4) is 11.4 Å². The highest BCUT2D eigenvalue weighted by Gasteiger charge is 2.39. The fraction of sp³-hybridized carbons (Fsp3) is 0.269. The van der Waals surface area contributed by atoms with E-state index in [1.165, 1.54) is 0 Å². The molecule has 2 aromatic carbocycles. The largest absolute Gasteiger partial charge is 0.495 e. The molecular formula is C26H27N5O2. The van der Waals surface area contributed by atoms with Gasteiger partial charge >= 0.3 is 0 Å². The Morgan fingerprint density at radius 2 is 1.91 bits per heavy atom. The molecule has 0 aliphatic carbocycles. The number of fused-ring (bicyclic) bond motifs is 1. The van der Waals surface area contributed by atoms with Gasteiger partial charge in [0.2, 0.25) is 0 Å². The summed E-state index contributed by atoms with van der Waals surface area (Å²) in [7, 11) is 1.66. The van der Waals surface area contributed by atoms with Crippen LogP contribution in [0.2, 0.25) is 0 Å². The number of benzene rings is 2. The van der Waals surface area contributed by atoms with Crippen LogP contribution in [0.25, 0.3) is 17.8 Å². The predicted octanol–water partition coefficient (Wildman–Crippen LogP) is 4.29. The molecule has 1 atom stereocenters. The Morgan fingerprint density at radius 3 is 2.64 bits per heavy atom. The maximum atomic E-state index is 11.5. The number of imidazole rings is 1. The molecule has 0 spiro atoms. The summed E-state index contributed by atoms with van der Waals surface area (Å²) in [5.74, 6) is 1.92. The molecule has 1 aliphatic heterocycles. The van der Waals surface area contributed by atoms with Crippen LogP contribution >= 0.6 is 0 Å². The van der Waals surface area contributed by atoms with E-state index >= 15 is 0 Å². The summed E-state index contributed by atoms with van der Waals surface area (Å²) in [6.07, 6.45) is 9.04. The Hall–Kier alpha value is -3.71. The second-order valence-electron chi connectivity index (χ2n) is 8.53. The standard InChI is InChI=1S/C26H27N5O2/c1-18-5-9-21(10-6-18)26(32)13-4-14-31-25(26)28-24(29-31)12-8-20-7-11-22(23(15-20)33-3)30-16-19(2)27-17-30/h5-12,15-17,32H,4,13-14H2,1-3H3/b12-8+/t26-/m0/s1. The molecule has 0 fully saturated rings. The van der Waals surface area contributed by atoms with E-state index in [0.29, 0.717) is 18.1 Å². The lowest BCUT2D eigenvalue weighted by Gasteiger charge is -2.31. The first-order chi connectivity index (χ1) is 16.0. The minimum absolute atomic E-state index is 0.575. The number of ether oxygens (including phenoxy) is 1. The van der Waals surface area contributed by atoms with Gasteiger partial charge in [0.25, 0.3) is 0 Å². The molecule has 168 valence electrons. The Morgan fingerprint density at radius 1 is 1.09 bits per heavy atom. The van der Waals surface area contributed by atoms with Crippen molar-refractivity contribution in [3.63, 3.8) is 0 Å². The maximum Gasteiger partial charge on any atom is 0.174 e. The number of rotatable bonds is 5. The summed E-state index contributed by atoms with van der Waals surface area (Å²) < 4.78 is 9.37. The number of methoxy groups -OCH3 is 1. The Kier molecular flexibility index (Phi) is 5.34. The lowest BCUT2D eigenvalue weighted by molar-refractivity contribution is 0.0395. The highest BCUT2D eigenvalue weighted by Crippen LogP contribution is 2.36. The van der Waals surface area contributed by atoms with Crippen LogP contribution < -0.4 is 4.74 Å². The van der Waals surface area contributed by atoms with Gasteiger partial charge in [-0.1, -0.05) is 42.0 Å². The molecule has 33 heavy (non-hydrogen) atoms. The fourth-order valence-corrected chi connectivity index (χ4v) is 4.33. The third kappa shape index (κ3) is 3.96. The molecule has 0 saturated heterocycles. The molecule has 4 aromatic rings. The molecule has 0 unspecified atom stereocenters. The Labute approximate surface area is 193 Å². The number of hydrogen-bond donors (Lipinski definition) is 1. The van der Waals surface area contributed by atoms with Gasteiger partial charge in [-0.05, 0) is 56.0 Å². The lowest BCUT2D eigenvalue weighted by atomic mass is 9.86. The van der Waals surface area contributed by atoms with Crippen molar-refractivity contribution in [2.24, 2.45) is 0 Å². The zero-order valence-electron chi connectivity index (χ0n) is 19.1. The molecule has 0 radical (unpaired) electrons. The van der Waals surface area contributed by atoms with Crippen LogP contribution in [0.3, 0.4) is 0 Å². The quantitative estimate of drug-likeness (QED) is 0.500. The van der Waals surface area contributed by atoms with E-state index in [1.807, 2.05) is 83.9 Å². The van der Waals surface area contributed by atoms with Gasteiger partial charge in [0, 0.05) is 12.7 Å². The second kappa shape index (κ2) is 8.33. The van der Waals surface area contributed by atoms with Crippen LogP contribution in [0.5, 0.6) is 5.75 Å². The summed E-state index contributed by atoms with van der Waals surface area (Å²) in [4.78, 5) is 8.99. The Bertz CT molecular complexity index is 1320. The van der Waals surface area contributed by atoms with Crippen molar-refractivity contribution in [2.75, 3.05) is 7.11 Å². The zero-order chi connectivity index (χ0) is 23.0. The van der Waals surface area contributed by atoms with Gasteiger partial charge in [0.1, 0.15) is 11.4 Å². The van der Waals surface area contributed by atoms with Crippen LogP contribution in [0.4, 0.5) is 0 Å². The van der Waals surface area contributed by atoms with Crippen LogP contribution in [0.1, 0.15) is 46.9 Å². The van der Waals surface area contributed by atoms with Crippen molar-refractivity contribution in [1.82, 2.24) is 24.3 Å². The maximum absolute atomic E-state index is 11.5. The van der Waals surface area contributed by atoms with Gasteiger partial charge in [0.15, 0.2) is 11.6 Å². The number of aromatic nitrogens is 5. The molecule has 7 nitrogen and oxygen atoms in total. The summed E-state index contributed by atoms with van der Waals surface area (Å²) in [5.41, 5.74) is 3.73. The highest BCUT2D eigenvalue weighted by molar-refractivity contribution is 5.69. The van der Waals surface area contributed by atoms with Crippen molar-refractivity contribution < 1.29 is 9.84 Å². The number of nitrogens with zero attached hydrogens (tertiary/aromatic N) is 5. The topological polar surface area (TPSA) is 78.0 Å². The lowest BCUT2D eigenvalue weighted by Crippen LogP contribution is -2.35. The minimum atomic E-state index is -1.13. The molecule has 1 N–H and O–H groups in total. The van der Waals surface area contributed by atoms with Gasteiger partial charge < -0.3 is 14.4 Å². The molecule has 0 bridgehead atoms. The highest BCUT2D eigenvalue weighted by atomic mass is 16.5. The van der Waals surface area contributed by atoms with Crippen LogP contribution in [-0.2, 0) is 12.1 Å². The van der Waals surface area contributed by atoms with E-state index in [0.717, 1.165) is 46.8 Å². The van der Waals surface area contributed by atoms with Crippen LogP contribution in [0, 0.1) is 13.8 Å². The van der Waals surface area contributed by atoms with Gasteiger partial charge in [-0.15, -0.1) is 0 Å². The summed E-state index contributed by atoms with van der Waals surface area (Å²) in [5, 5.41) is 16.2. The molecule has 1 aliphatic rings. The summed E-state index contributed by atoms with van der Waals surface area (Å²) in [6.45, 7) is 4.74. The van der Waals surface area contributed by atoms with Gasteiger partial charge in [-0.25, -0.2) is 14.6 Å². The number of aryl methyl sites for hydroxylation is 3. The molecule has 2 aromatic heterocycles. The van der Waals surface area contributed by atoms with E-state index in [4.69, 9.17) is 9.72 Å². The average molecular weight is 442 g/mol. The van der Waals surface area contributed by atoms with Gasteiger partial charge in [-0.2, -0.15) is 5.10 Å². The normalized spacial score (nSPS) is 17.9. The number of hydrogen-bond acceptors (Lipinski definition) is 5. The molecule has 0 amide bonds. The average Bonchev–Trinajstić information content (AvgIpc) is 3.45. The minimum Gasteiger partial charge on any atom is -0.495 e. The predicted molar refractivity (Wildman–Crippen MR) is 127 cm³/mol. The molecule has 3 heterocycles. The van der Waals surface area contributed by atoms with Crippen molar-refractivity contribution in [1.29, 1.82) is 0 Å². The SMILES string of the molecule is COc1cc(/C=C/c2nc3n(n2)CCC[C@]3(O)c2ccc(C)cc2)ccc1-n1cnc(C)c1. The zero-order valence-corrected chi connectivity index (χ0v) is 19.1. The first-order valence-electron chi connectivity index (χ1n) is 11.1. The molecule has 5 rings (SSSR count). The van der Waals surface area contributed by atoms with Crippen molar-refractivity contribution in [3.05, 3.63) is 89.0 Å². The van der Waals surface area contributed by atoms with E-state index in [2.05, 4.69) is 10.1 Å². The van der Waals surface area contributed by atoms with Crippen molar-refractivity contribution >= 4 is 12.2 Å². The Balaban J connectivity index is 1.43. The third-order valence-electron chi connectivity index (χ3n) is 6.11. The second-order valence-corrected chi connectivity index (χ2v) is 8.53. The van der Waals surface area contributed by atoms with E-state index in [1.54, 1.807) is 13.4 Å². The molecule has 7 heteroatoms. The molecule has 0 saturated carbocycles. The first kappa shape index (κ1) is 21.2. The van der Waals surface area contributed by atoms with E-state index < -0.39 is 5.60 Å². The third-order valence-corrected chi connectivity index (χ3v) is 6.11. The number of aliphatic hydroxyl groups is 1. The smallest absolute Gasteiger partial charge is 0.174 e. The van der Waals surface area contributed by atoms with E-state index in [-0.39, 0.29) is 0 Å². The monoisotopic (exact) mass is 441 g/mol. The summed E-state index contributed by atoms with van der Waals surface area (Å²) >= 11 is 0.